The van der Waals surface area contributed by atoms with Gasteiger partial charge in [-0.05, 0) is 53.8 Å². The van der Waals surface area contributed by atoms with Crippen LogP contribution in [0, 0.1) is 6.92 Å². The zero-order valence-electron chi connectivity index (χ0n) is 17.0. The molecule has 0 spiro atoms. The molecule has 0 aliphatic heterocycles. The second kappa shape index (κ2) is 9.53. The van der Waals surface area contributed by atoms with Crippen molar-refractivity contribution in [3.63, 3.8) is 0 Å². The number of nitrogens with two attached hydrogens (primary N) is 1. The van der Waals surface area contributed by atoms with Gasteiger partial charge in [0.15, 0.2) is 17.0 Å². The van der Waals surface area contributed by atoms with Crippen molar-refractivity contribution >= 4 is 56.9 Å². The largest absolute Gasteiger partial charge is 0.368 e. The van der Waals surface area contributed by atoms with E-state index in [4.69, 9.17) is 5.73 Å². The number of fused-ring (bicyclic) bond motifs is 1. The van der Waals surface area contributed by atoms with E-state index in [2.05, 4.69) is 99.3 Å². The highest BCUT2D eigenvalue weighted by molar-refractivity contribution is 14.1. The molecule has 0 aliphatic rings. The number of rotatable bonds is 5. The normalized spacial score (nSPS) is 10.8. The quantitative estimate of drug-likeness (QED) is 0.261. The number of aryl methyl sites for hydroxylation is 1. The molecule has 0 atom stereocenters. The Labute approximate surface area is 188 Å². The van der Waals surface area contributed by atoms with E-state index in [1.165, 1.54) is 21.6 Å². The van der Waals surface area contributed by atoms with E-state index in [0.29, 0.717) is 12.4 Å². The fourth-order valence-corrected chi connectivity index (χ4v) is 3.90. The molecule has 0 radical (unpaired) electrons. The average Bonchev–Trinajstić information content (AvgIpc) is 3.34. The molecule has 0 unspecified atom stereocenters. The third-order valence-corrected chi connectivity index (χ3v) is 5.52. The predicted molar refractivity (Wildman–Crippen MR) is 132 cm³/mol. The SMILES string of the molecule is CI.Cc1csc(-c2ccc(CNc3nc(N)nc4c3ncn4C(C)C)cc2)c1. The third-order valence-electron chi connectivity index (χ3n) is 4.42. The standard InChI is InChI=1S/C20H22N6S.CH3I/c1-12(2)26-11-23-17-18(24-20(21)25-19(17)26)22-9-14-4-6-15(7-5-14)16-8-13(3)10-27-16;1-2/h4-8,10-12H,9H2,1-3H3,(H3,21,22,24,25);1H3. The van der Waals surface area contributed by atoms with E-state index in [0.717, 1.165) is 11.2 Å². The van der Waals surface area contributed by atoms with Crippen molar-refractivity contribution in [3.05, 3.63) is 53.2 Å². The minimum absolute atomic E-state index is 0.246. The van der Waals surface area contributed by atoms with E-state index in [1.807, 2.05) is 9.50 Å². The summed E-state index contributed by atoms with van der Waals surface area (Å²) >= 11 is 3.92. The number of nitrogens with one attached hydrogen (secondary N) is 1. The molecular weight excluding hydrogens is 495 g/mol. The van der Waals surface area contributed by atoms with Crippen LogP contribution in [0.2, 0.25) is 0 Å². The van der Waals surface area contributed by atoms with Gasteiger partial charge in [0, 0.05) is 17.5 Å². The molecule has 4 rings (SSSR count). The number of alkyl halides is 1. The van der Waals surface area contributed by atoms with Gasteiger partial charge in [-0.1, -0.05) is 46.9 Å². The Bertz CT molecular complexity index is 1080. The van der Waals surface area contributed by atoms with Gasteiger partial charge in [0.25, 0.3) is 0 Å². The van der Waals surface area contributed by atoms with Gasteiger partial charge in [0.2, 0.25) is 5.95 Å². The number of anilines is 2. The number of hydrogen-bond donors (Lipinski definition) is 2. The predicted octanol–water partition coefficient (Wildman–Crippen LogP) is 5.69. The Morgan fingerprint density at radius 3 is 2.52 bits per heavy atom. The Morgan fingerprint density at radius 2 is 1.90 bits per heavy atom. The number of imidazole rings is 1. The smallest absolute Gasteiger partial charge is 0.224 e. The van der Waals surface area contributed by atoms with Crippen molar-refractivity contribution in [2.24, 2.45) is 0 Å². The fraction of sp³-hybridized carbons (Fsp3) is 0.286. The summed E-state index contributed by atoms with van der Waals surface area (Å²) < 4.78 is 2.00. The van der Waals surface area contributed by atoms with Crippen LogP contribution in [0.4, 0.5) is 11.8 Å². The molecule has 3 heterocycles. The van der Waals surface area contributed by atoms with Gasteiger partial charge >= 0.3 is 0 Å². The van der Waals surface area contributed by atoms with Crippen molar-refractivity contribution in [1.29, 1.82) is 0 Å². The van der Waals surface area contributed by atoms with Gasteiger partial charge in [0.05, 0.1) is 6.33 Å². The van der Waals surface area contributed by atoms with Gasteiger partial charge in [-0.2, -0.15) is 9.97 Å². The number of benzene rings is 1. The molecule has 3 aromatic heterocycles. The van der Waals surface area contributed by atoms with Crippen molar-refractivity contribution in [1.82, 2.24) is 19.5 Å². The van der Waals surface area contributed by atoms with Gasteiger partial charge in [0.1, 0.15) is 0 Å². The Kier molecular flexibility index (Phi) is 7.07. The molecule has 6 nitrogen and oxygen atoms in total. The van der Waals surface area contributed by atoms with Crippen molar-refractivity contribution in [2.45, 2.75) is 33.4 Å². The Balaban J connectivity index is 0.00000117. The lowest BCUT2D eigenvalue weighted by Crippen LogP contribution is -2.07. The lowest BCUT2D eigenvalue weighted by atomic mass is 10.1. The average molecular weight is 520 g/mol. The van der Waals surface area contributed by atoms with Crippen molar-refractivity contribution in [2.75, 3.05) is 16.0 Å². The van der Waals surface area contributed by atoms with Gasteiger partial charge in [-0.25, -0.2) is 4.98 Å². The topological polar surface area (TPSA) is 81.7 Å². The number of nitrogens with zero attached hydrogens (tertiary/aromatic N) is 4. The van der Waals surface area contributed by atoms with Gasteiger partial charge in [-0.3, -0.25) is 0 Å². The summed E-state index contributed by atoms with van der Waals surface area (Å²) in [5.41, 5.74) is 11.1. The van der Waals surface area contributed by atoms with E-state index in [9.17, 15) is 0 Å². The zero-order chi connectivity index (χ0) is 21.0. The van der Waals surface area contributed by atoms with Crippen LogP contribution in [0.5, 0.6) is 0 Å². The van der Waals surface area contributed by atoms with Crippen LogP contribution in [0.1, 0.15) is 31.0 Å². The van der Waals surface area contributed by atoms with Crippen LogP contribution in [0.3, 0.4) is 0 Å². The van der Waals surface area contributed by atoms with Crippen LogP contribution in [-0.2, 0) is 6.54 Å². The lowest BCUT2D eigenvalue weighted by Gasteiger charge is -2.10. The second-order valence-electron chi connectivity index (χ2n) is 6.89. The first-order valence-electron chi connectivity index (χ1n) is 9.27. The van der Waals surface area contributed by atoms with Gasteiger partial charge < -0.3 is 15.6 Å². The molecule has 0 saturated heterocycles. The van der Waals surface area contributed by atoms with E-state index < -0.39 is 0 Å². The first kappa shape index (κ1) is 21.5. The maximum Gasteiger partial charge on any atom is 0.224 e. The molecule has 0 fully saturated rings. The van der Waals surface area contributed by atoms with Crippen LogP contribution in [0.25, 0.3) is 21.6 Å². The molecule has 0 aliphatic carbocycles. The maximum absolute atomic E-state index is 5.91. The summed E-state index contributed by atoms with van der Waals surface area (Å²) in [5, 5.41) is 5.53. The van der Waals surface area contributed by atoms with E-state index in [-0.39, 0.29) is 12.0 Å². The summed E-state index contributed by atoms with van der Waals surface area (Å²) in [7, 11) is 0. The Hall–Kier alpha value is -2.20. The molecule has 4 aromatic rings. The number of nitrogen functional groups attached to an aromatic ring is 1. The molecule has 29 heavy (non-hydrogen) atoms. The highest BCUT2D eigenvalue weighted by Gasteiger charge is 2.13. The molecular formula is C21H25IN6S. The number of hydrogen-bond acceptors (Lipinski definition) is 6. The fourth-order valence-electron chi connectivity index (χ4n) is 2.99. The summed E-state index contributed by atoms with van der Waals surface area (Å²) in [6, 6.07) is 11.0. The van der Waals surface area contributed by atoms with Crippen LogP contribution in [0.15, 0.2) is 42.0 Å². The summed E-state index contributed by atoms with van der Waals surface area (Å²) in [4.78, 5) is 16.4. The first-order valence-corrected chi connectivity index (χ1v) is 12.3. The van der Waals surface area contributed by atoms with Gasteiger partial charge in [-0.15, -0.1) is 11.3 Å². The minimum Gasteiger partial charge on any atom is -0.368 e. The molecule has 0 saturated carbocycles. The first-order chi connectivity index (χ1) is 14.0. The zero-order valence-corrected chi connectivity index (χ0v) is 20.0. The summed E-state index contributed by atoms with van der Waals surface area (Å²) in [6.45, 7) is 6.93. The monoisotopic (exact) mass is 520 g/mol. The minimum atomic E-state index is 0.246. The second-order valence-corrected chi connectivity index (χ2v) is 7.80. The summed E-state index contributed by atoms with van der Waals surface area (Å²) in [5.74, 6) is 0.908. The summed E-state index contributed by atoms with van der Waals surface area (Å²) in [6.07, 6.45) is 1.78. The highest BCUT2D eigenvalue weighted by atomic mass is 127. The number of thiophene rings is 1. The molecule has 8 heteroatoms. The highest BCUT2D eigenvalue weighted by Crippen LogP contribution is 2.27. The molecule has 152 valence electrons. The lowest BCUT2D eigenvalue weighted by molar-refractivity contribution is 0.613. The number of aromatic nitrogens is 4. The molecule has 1 aromatic carbocycles. The third kappa shape index (κ3) is 4.87. The Morgan fingerprint density at radius 1 is 1.17 bits per heavy atom. The molecule has 0 amide bonds. The van der Waals surface area contributed by atoms with Crippen LogP contribution in [-0.4, -0.2) is 24.4 Å². The van der Waals surface area contributed by atoms with Crippen molar-refractivity contribution in [3.8, 4) is 10.4 Å². The number of halogens is 1. The molecule has 3 N–H and O–H groups in total. The maximum atomic E-state index is 5.91. The van der Waals surface area contributed by atoms with E-state index in [1.54, 1.807) is 17.7 Å². The van der Waals surface area contributed by atoms with Crippen LogP contribution < -0.4 is 11.1 Å². The van der Waals surface area contributed by atoms with Crippen LogP contribution >= 0.6 is 33.9 Å². The van der Waals surface area contributed by atoms with Crippen molar-refractivity contribution < 1.29 is 0 Å². The molecule has 0 bridgehead atoms. The van der Waals surface area contributed by atoms with E-state index >= 15 is 0 Å².